The van der Waals surface area contributed by atoms with Crippen molar-refractivity contribution >= 4 is 5.96 Å². The number of nitrogens with zero attached hydrogens (tertiary/aromatic N) is 3. The van der Waals surface area contributed by atoms with E-state index in [-0.39, 0.29) is 6.10 Å². The lowest BCUT2D eigenvalue weighted by atomic mass is 10.1. The number of aromatic nitrogens is 2. The highest BCUT2D eigenvalue weighted by molar-refractivity contribution is 5.79. The van der Waals surface area contributed by atoms with Crippen LogP contribution in [0.5, 0.6) is 5.75 Å². The molecule has 1 aliphatic heterocycles. The third-order valence-electron chi connectivity index (χ3n) is 4.64. The van der Waals surface area contributed by atoms with E-state index >= 15 is 0 Å². The number of benzene rings is 1. The zero-order valence-corrected chi connectivity index (χ0v) is 16.1. The summed E-state index contributed by atoms with van der Waals surface area (Å²) in [6.07, 6.45) is 1.09. The van der Waals surface area contributed by atoms with E-state index in [1.807, 2.05) is 19.1 Å². The van der Waals surface area contributed by atoms with Gasteiger partial charge in [0, 0.05) is 32.3 Å². The standard InChI is InChI=1S/C20H29N5O/c1-14(13-25-16(3)9-15(2)24-25)11-22-20(21-4)23-12-18-10-17-7-5-6-8-19(17)26-18/h5-9,14,18H,10-13H2,1-4H3,(H2,21,22,23). The Labute approximate surface area is 155 Å². The van der Waals surface area contributed by atoms with Crippen molar-refractivity contribution in [3.63, 3.8) is 0 Å². The lowest BCUT2D eigenvalue weighted by Gasteiger charge is -2.18. The lowest BCUT2D eigenvalue weighted by molar-refractivity contribution is 0.235. The van der Waals surface area contributed by atoms with Gasteiger partial charge in [-0.2, -0.15) is 5.10 Å². The van der Waals surface area contributed by atoms with Gasteiger partial charge < -0.3 is 15.4 Å². The zero-order valence-electron chi connectivity index (χ0n) is 16.1. The molecule has 3 rings (SSSR count). The quantitative estimate of drug-likeness (QED) is 0.617. The number of rotatable bonds is 6. The molecule has 1 aromatic carbocycles. The first-order chi connectivity index (χ1) is 12.5. The highest BCUT2D eigenvalue weighted by atomic mass is 16.5. The van der Waals surface area contributed by atoms with Crippen molar-refractivity contribution in [3.8, 4) is 5.75 Å². The molecule has 2 atom stereocenters. The second kappa shape index (κ2) is 8.25. The Kier molecular flexibility index (Phi) is 5.81. The van der Waals surface area contributed by atoms with Gasteiger partial charge in [0.1, 0.15) is 11.9 Å². The summed E-state index contributed by atoms with van der Waals surface area (Å²) >= 11 is 0. The zero-order chi connectivity index (χ0) is 18.5. The van der Waals surface area contributed by atoms with E-state index in [0.29, 0.717) is 5.92 Å². The van der Waals surface area contributed by atoms with Crippen molar-refractivity contribution in [2.24, 2.45) is 10.9 Å². The summed E-state index contributed by atoms with van der Waals surface area (Å²) in [6.45, 7) is 8.81. The number of ether oxygens (including phenoxy) is 1. The summed E-state index contributed by atoms with van der Waals surface area (Å²) in [4.78, 5) is 4.32. The molecule has 0 fully saturated rings. The second-order valence-electron chi connectivity index (χ2n) is 7.10. The fourth-order valence-corrected chi connectivity index (χ4v) is 3.29. The van der Waals surface area contributed by atoms with E-state index in [1.54, 1.807) is 7.05 Å². The highest BCUT2D eigenvalue weighted by Crippen LogP contribution is 2.27. The van der Waals surface area contributed by atoms with Crippen LogP contribution in [-0.4, -0.2) is 42.0 Å². The number of hydrogen-bond acceptors (Lipinski definition) is 3. The Hall–Kier alpha value is -2.50. The minimum absolute atomic E-state index is 0.151. The fourth-order valence-electron chi connectivity index (χ4n) is 3.29. The maximum Gasteiger partial charge on any atom is 0.191 e. The molecule has 0 spiro atoms. The Morgan fingerprint density at radius 2 is 2.15 bits per heavy atom. The van der Waals surface area contributed by atoms with E-state index in [0.717, 1.165) is 43.5 Å². The largest absolute Gasteiger partial charge is 0.488 e. The molecule has 2 aromatic rings. The number of hydrogen-bond donors (Lipinski definition) is 2. The van der Waals surface area contributed by atoms with Crippen molar-refractivity contribution in [2.45, 2.75) is 39.8 Å². The molecule has 2 heterocycles. The van der Waals surface area contributed by atoms with Crippen LogP contribution in [0.25, 0.3) is 0 Å². The molecule has 0 radical (unpaired) electrons. The first kappa shape index (κ1) is 18.3. The van der Waals surface area contributed by atoms with E-state index < -0.39 is 0 Å². The summed E-state index contributed by atoms with van der Waals surface area (Å²) in [5, 5.41) is 11.3. The van der Waals surface area contributed by atoms with Gasteiger partial charge in [-0.1, -0.05) is 25.1 Å². The Morgan fingerprint density at radius 1 is 1.35 bits per heavy atom. The second-order valence-corrected chi connectivity index (χ2v) is 7.10. The Bertz CT molecular complexity index is 742. The fraction of sp³-hybridized carbons (Fsp3) is 0.500. The minimum Gasteiger partial charge on any atom is -0.488 e. The molecular formula is C20H29N5O. The first-order valence-electron chi connectivity index (χ1n) is 9.25. The van der Waals surface area contributed by atoms with Crippen LogP contribution in [0.3, 0.4) is 0 Å². The monoisotopic (exact) mass is 355 g/mol. The van der Waals surface area contributed by atoms with E-state index in [1.165, 1.54) is 11.3 Å². The molecule has 140 valence electrons. The molecule has 1 aromatic heterocycles. The average Bonchev–Trinajstić information content (AvgIpc) is 3.17. The van der Waals surface area contributed by atoms with Gasteiger partial charge in [-0.15, -0.1) is 0 Å². The number of para-hydroxylation sites is 1. The van der Waals surface area contributed by atoms with Crippen molar-refractivity contribution < 1.29 is 4.74 Å². The molecule has 0 saturated carbocycles. The molecule has 0 bridgehead atoms. The lowest BCUT2D eigenvalue weighted by Crippen LogP contribution is -2.43. The molecule has 2 unspecified atom stereocenters. The minimum atomic E-state index is 0.151. The van der Waals surface area contributed by atoms with Crippen LogP contribution >= 0.6 is 0 Å². The van der Waals surface area contributed by atoms with Crippen LogP contribution in [0, 0.1) is 19.8 Å². The molecule has 6 nitrogen and oxygen atoms in total. The summed E-state index contributed by atoms with van der Waals surface area (Å²) < 4.78 is 8.04. The maximum absolute atomic E-state index is 5.97. The number of aryl methyl sites for hydroxylation is 2. The van der Waals surface area contributed by atoms with Gasteiger partial charge in [-0.05, 0) is 37.5 Å². The molecule has 26 heavy (non-hydrogen) atoms. The Morgan fingerprint density at radius 3 is 2.85 bits per heavy atom. The highest BCUT2D eigenvalue weighted by Gasteiger charge is 2.22. The Balaban J connectivity index is 1.42. The van der Waals surface area contributed by atoms with Crippen molar-refractivity contribution in [1.82, 2.24) is 20.4 Å². The van der Waals surface area contributed by atoms with Gasteiger partial charge in [0.2, 0.25) is 0 Å². The number of aliphatic imine (C=N–C) groups is 1. The number of nitrogens with one attached hydrogen (secondary N) is 2. The van der Waals surface area contributed by atoms with Crippen LogP contribution in [-0.2, 0) is 13.0 Å². The summed E-state index contributed by atoms with van der Waals surface area (Å²) in [5.41, 5.74) is 3.55. The van der Waals surface area contributed by atoms with Gasteiger partial charge in [-0.25, -0.2) is 0 Å². The van der Waals surface area contributed by atoms with Gasteiger partial charge in [-0.3, -0.25) is 9.67 Å². The van der Waals surface area contributed by atoms with E-state index in [9.17, 15) is 0 Å². The number of guanidine groups is 1. The average molecular weight is 355 g/mol. The smallest absolute Gasteiger partial charge is 0.191 e. The molecule has 0 saturated heterocycles. The summed E-state index contributed by atoms with van der Waals surface area (Å²) in [5.74, 6) is 2.25. The van der Waals surface area contributed by atoms with Crippen LogP contribution in [0.2, 0.25) is 0 Å². The molecule has 2 N–H and O–H groups in total. The van der Waals surface area contributed by atoms with E-state index in [2.05, 4.69) is 57.5 Å². The molecule has 0 aliphatic carbocycles. The van der Waals surface area contributed by atoms with Gasteiger partial charge >= 0.3 is 0 Å². The van der Waals surface area contributed by atoms with Crippen molar-refractivity contribution in [3.05, 3.63) is 47.3 Å². The van der Waals surface area contributed by atoms with Crippen LogP contribution in [0.1, 0.15) is 23.9 Å². The maximum atomic E-state index is 5.97. The molecule has 0 amide bonds. The van der Waals surface area contributed by atoms with Crippen molar-refractivity contribution in [1.29, 1.82) is 0 Å². The predicted molar refractivity (Wildman–Crippen MR) is 105 cm³/mol. The summed E-state index contributed by atoms with van der Waals surface area (Å²) in [7, 11) is 1.80. The third kappa shape index (κ3) is 4.56. The number of fused-ring (bicyclic) bond motifs is 1. The van der Waals surface area contributed by atoms with Crippen LogP contribution < -0.4 is 15.4 Å². The molecule has 6 heteroatoms. The van der Waals surface area contributed by atoms with Crippen LogP contribution in [0.15, 0.2) is 35.3 Å². The van der Waals surface area contributed by atoms with Crippen LogP contribution in [0.4, 0.5) is 0 Å². The van der Waals surface area contributed by atoms with Gasteiger partial charge in [0.25, 0.3) is 0 Å². The normalized spacial score (nSPS) is 17.5. The molecule has 1 aliphatic rings. The van der Waals surface area contributed by atoms with E-state index in [4.69, 9.17) is 4.74 Å². The van der Waals surface area contributed by atoms with Gasteiger partial charge in [0.05, 0.1) is 12.2 Å². The van der Waals surface area contributed by atoms with Gasteiger partial charge in [0.15, 0.2) is 5.96 Å². The predicted octanol–water partition coefficient (Wildman–Crippen LogP) is 2.30. The molecular weight excluding hydrogens is 326 g/mol. The van der Waals surface area contributed by atoms with Crippen molar-refractivity contribution in [2.75, 3.05) is 20.1 Å². The third-order valence-corrected chi connectivity index (χ3v) is 4.64. The topological polar surface area (TPSA) is 63.5 Å². The SMILES string of the molecule is CN=C(NCC(C)Cn1nc(C)cc1C)NCC1Cc2ccccc2O1. The summed E-state index contributed by atoms with van der Waals surface area (Å²) in [6, 6.07) is 10.3. The first-order valence-corrected chi connectivity index (χ1v) is 9.25.